The molecule has 64 valence electrons. The summed E-state index contributed by atoms with van der Waals surface area (Å²) in [6, 6.07) is 0. The number of nitrogens with one attached hydrogen (secondary N) is 1. The van der Waals surface area contributed by atoms with E-state index in [-0.39, 0.29) is 17.0 Å². The van der Waals surface area contributed by atoms with E-state index >= 15 is 0 Å². The highest BCUT2D eigenvalue weighted by Crippen LogP contribution is 1.97. The fourth-order valence-electron chi connectivity index (χ4n) is 0.817. The molecule has 6 heteroatoms. The Bertz CT molecular complexity index is 365. The van der Waals surface area contributed by atoms with Crippen molar-refractivity contribution in [3.8, 4) is 0 Å². The molecule has 0 radical (unpaired) electrons. The van der Waals surface area contributed by atoms with E-state index in [1.807, 2.05) is 0 Å². The molecular weight excluding hydrogens is 178 g/mol. The van der Waals surface area contributed by atoms with Crippen molar-refractivity contribution >= 4 is 24.4 Å². The first kappa shape index (κ1) is 8.82. The van der Waals surface area contributed by atoms with Crippen molar-refractivity contribution in [2.45, 2.75) is 0 Å². The quantitative estimate of drug-likeness (QED) is 0.500. The topological polar surface area (TPSA) is 80.9 Å². The first-order valence-corrected chi connectivity index (χ1v) is 3.60. The number of hydrogen-bond acceptors (Lipinski definition) is 4. The molecule has 0 amide bonds. The van der Waals surface area contributed by atoms with Crippen molar-refractivity contribution in [2.75, 3.05) is 6.54 Å². The first-order valence-electron chi connectivity index (χ1n) is 3.19. The van der Waals surface area contributed by atoms with Gasteiger partial charge in [0.05, 0.1) is 6.54 Å². The predicted octanol–water partition coefficient (Wildman–Crippen LogP) is -0.0429. The highest BCUT2D eigenvalue weighted by Gasteiger charge is 2.08. The van der Waals surface area contributed by atoms with Gasteiger partial charge in [0.15, 0.2) is 11.1 Å². The lowest BCUT2D eigenvalue weighted by molar-refractivity contribution is 0.0910. The zero-order valence-electron chi connectivity index (χ0n) is 6.11. The van der Waals surface area contributed by atoms with Gasteiger partial charge in [-0.05, 0) is 12.2 Å². The van der Waals surface area contributed by atoms with Gasteiger partial charge < -0.3 is 10.7 Å². The minimum Gasteiger partial charge on any atom is -0.336 e. The van der Waals surface area contributed by atoms with Gasteiger partial charge in [0.2, 0.25) is 5.91 Å². The molecule has 1 rings (SSSR count). The van der Waals surface area contributed by atoms with Gasteiger partial charge >= 0.3 is 0 Å². The maximum atomic E-state index is 11.1. The van der Waals surface area contributed by atoms with Gasteiger partial charge in [-0.15, -0.1) is 0 Å². The van der Waals surface area contributed by atoms with Crippen LogP contribution in [0.15, 0.2) is 6.20 Å². The summed E-state index contributed by atoms with van der Waals surface area (Å²) in [5.74, 6) is -0.400. The number of aldehydes is 1. The molecule has 1 heterocycles. The molecule has 3 N–H and O–H groups in total. The number of hydrogen-bond donors (Lipinski definition) is 2. The average Bonchev–Trinajstić information content (AvgIpc) is 2.45. The van der Waals surface area contributed by atoms with E-state index in [9.17, 15) is 9.59 Å². The monoisotopic (exact) mass is 185 g/mol. The molecule has 0 spiro atoms. The van der Waals surface area contributed by atoms with Crippen LogP contribution >= 0.6 is 12.2 Å². The SMILES string of the molecule is NCC(=O)n1c(C=O)c[nH]c1=S. The van der Waals surface area contributed by atoms with Crippen LogP contribution in [-0.2, 0) is 0 Å². The lowest BCUT2D eigenvalue weighted by Crippen LogP contribution is -2.22. The lowest BCUT2D eigenvalue weighted by atomic mass is 10.5. The molecule has 1 aromatic rings. The first-order chi connectivity index (χ1) is 5.70. The van der Waals surface area contributed by atoms with Crippen LogP contribution in [0.25, 0.3) is 0 Å². The second kappa shape index (κ2) is 3.42. The number of imidazole rings is 1. The minimum atomic E-state index is -0.400. The zero-order chi connectivity index (χ0) is 9.14. The summed E-state index contributed by atoms with van der Waals surface area (Å²) >= 11 is 4.75. The van der Waals surface area contributed by atoms with Crippen LogP contribution < -0.4 is 5.73 Å². The summed E-state index contributed by atoms with van der Waals surface area (Å²) in [5.41, 5.74) is 5.30. The summed E-state index contributed by atoms with van der Waals surface area (Å²) in [4.78, 5) is 24.0. The van der Waals surface area contributed by atoms with E-state index in [4.69, 9.17) is 18.0 Å². The molecular formula is C6H7N3O2S. The standard InChI is InChI=1S/C6H7N3O2S/c7-1-5(11)9-4(3-10)2-8-6(9)12/h2-3H,1,7H2,(H,8,12). The van der Waals surface area contributed by atoms with E-state index in [0.717, 1.165) is 4.57 Å². The molecule has 0 fully saturated rings. The number of aromatic nitrogens is 2. The fourth-order valence-corrected chi connectivity index (χ4v) is 1.08. The van der Waals surface area contributed by atoms with Gasteiger partial charge in [0, 0.05) is 6.20 Å². The van der Waals surface area contributed by atoms with E-state index in [1.54, 1.807) is 0 Å². The van der Waals surface area contributed by atoms with Crippen molar-refractivity contribution in [1.82, 2.24) is 9.55 Å². The highest BCUT2D eigenvalue weighted by molar-refractivity contribution is 7.71. The maximum absolute atomic E-state index is 11.1. The van der Waals surface area contributed by atoms with E-state index in [0.29, 0.717) is 6.29 Å². The van der Waals surface area contributed by atoms with Gasteiger partial charge in [0.25, 0.3) is 0 Å². The number of carbonyl (C=O) groups is 2. The molecule has 0 aromatic carbocycles. The molecule has 0 bridgehead atoms. The van der Waals surface area contributed by atoms with E-state index in [1.165, 1.54) is 6.20 Å². The molecule has 1 aromatic heterocycles. The van der Waals surface area contributed by atoms with Gasteiger partial charge in [-0.3, -0.25) is 14.2 Å². The number of aromatic amines is 1. The zero-order valence-corrected chi connectivity index (χ0v) is 6.93. The van der Waals surface area contributed by atoms with E-state index in [2.05, 4.69) is 4.98 Å². The van der Waals surface area contributed by atoms with Gasteiger partial charge in [-0.25, -0.2) is 0 Å². The minimum absolute atomic E-state index is 0.174. The normalized spacial score (nSPS) is 9.75. The smallest absolute Gasteiger partial charge is 0.247 e. The third kappa shape index (κ3) is 1.34. The average molecular weight is 185 g/mol. The summed E-state index contributed by atoms with van der Waals surface area (Å²) in [7, 11) is 0. The second-order valence-corrected chi connectivity index (χ2v) is 2.46. The molecule has 12 heavy (non-hydrogen) atoms. The number of rotatable bonds is 2. The molecule has 0 saturated carbocycles. The largest absolute Gasteiger partial charge is 0.336 e. The summed E-state index contributed by atoms with van der Waals surface area (Å²) in [5, 5.41) is 0. The summed E-state index contributed by atoms with van der Waals surface area (Å²) < 4.78 is 1.26. The highest BCUT2D eigenvalue weighted by atomic mass is 32.1. The summed E-state index contributed by atoms with van der Waals surface area (Å²) in [6.45, 7) is -0.174. The number of carbonyl (C=O) groups excluding carboxylic acids is 2. The number of nitrogens with two attached hydrogens (primary N) is 1. The van der Waals surface area contributed by atoms with Crippen LogP contribution in [0, 0.1) is 4.77 Å². The molecule has 0 atom stereocenters. The van der Waals surface area contributed by atoms with Crippen molar-refractivity contribution in [1.29, 1.82) is 0 Å². The molecule has 5 nitrogen and oxygen atoms in total. The molecule has 0 saturated heterocycles. The van der Waals surface area contributed by atoms with Crippen LogP contribution in [0.5, 0.6) is 0 Å². The molecule has 0 aliphatic heterocycles. The Morgan fingerprint density at radius 3 is 3.00 bits per heavy atom. The Morgan fingerprint density at radius 2 is 2.50 bits per heavy atom. The molecule has 0 unspecified atom stereocenters. The fraction of sp³-hybridized carbons (Fsp3) is 0.167. The third-order valence-corrected chi connectivity index (χ3v) is 1.65. The Balaban J connectivity index is 3.28. The Morgan fingerprint density at radius 1 is 1.83 bits per heavy atom. The second-order valence-electron chi connectivity index (χ2n) is 2.07. The molecule has 0 aliphatic rings. The van der Waals surface area contributed by atoms with E-state index < -0.39 is 5.91 Å². The van der Waals surface area contributed by atoms with Crippen LogP contribution in [0.3, 0.4) is 0 Å². The van der Waals surface area contributed by atoms with Crippen LogP contribution in [0.1, 0.15) is 15.3 Å². The van der Waals surface area contributed by atoms with Crippen LogP contribution in [0.2, 0.25) is 0 Å². The van der Waals surface area contributed by atoms with Gasteiger partial charge in [-0.1, -0.05) is 0 Å². The third-order valence-electron chi connectivity index (χ3n) is 1.35. The van der Waals surface area contributed by atoms with Gasteiger partial charge in [-0.2, -0.15) is 0 Å². The van der Waals surface area contributed by atoms with Crippen LogP contribution in [-0.4, -0.2) is 28.3 Å². The number of nitrogens with zero attached hydrogens (tertiary/aromatic N) is 1. The van der Waals surface area contributed by atoms with Crippen molar-refractivity contribution in [3.05, 3.63) is 16.7 Å². The Kier molecular flexibility index (Phi) is 2.51. The van der Waals surface area contributed by atoms with Crippen molar-refractivity contribution in [2.24, 2.45) is 5.73 Å². The summed E-state index contributed by atoms with van der Waals surface area (Å²) in [6.07, 6.45) is 1.91. The van der Waals surface area contributed by atoms with Gasteiger partial charge in [0.1, 0.15) is 5.69 Å². The maximum Gasteiger partial charge on any atom is 0.247 e. The van der Waals surface area contributed by atoms with Crippen molar-refractivity contribution < 1.29 is 9.59 Å². The predicted molar refractivity (Wildman–Crippen MR) is 44.7 cm³/mol. The van der Waals surface area contributed by atoms with Crippen molar-refractivity contribution in [3.63, 3.8) is 0 Å². The Labute approximate surface area is 73.2 Å². The van der Waals surface area contributed by atoms with Crippen LogP contribution in [0.4, 0.5) is 0 Å². The lowest BCUT2D eigenvalue weighted by Gasteiger charge is -1.98. The Hall–Kier alpha value is -1.27. The molecule has 0 aliphatic carbocycles. The number of H-pyrrole nitrogens is 1.